The first kappa shape index (κ1) is 10.7. The van der Waals surface area contributed by atoms with Crippen LogP contribution < -0.4 is 0 Å². The van der Waals surface area contributed by atoms with E-state index < -0.39 is 16.5 Å². The van der Waals surface area contributed by atoms with E-state index in [1.807, 2.05) is 0 Å². The maximum absolute atomic E-state index is 11.4. The Kier molecular flexibility index (Phi) is 3.44. The van der Waals surface area contributed by atoms with Crippen molar-refractivity contribution in [3.8, 4) is 0 Å². The minimum atomic E-state index is -1.92. The summed E-state index contributed by atoms with van der Waals surface area (Å²) < 4.78 is 24.1. The highest BCUT2D eigenvalue weighted by Crippen LogP contribution is 2.39. The van der Waals surface area contributed by atoms with E-state index in [0.29, 0.717) is 12.8 Å². The Hall–Kier alpha value is -0.420. The van der Waals surface area contributed by atoms with Crippen LogP contribution in [0.5, 0.6) is 0 Å². The third kappa shape index (κ3) is 2.28. The molecule has 5 heteroatoms. The molecule has 0 amide bonds. The van der Waals surface area contributed by atoms with Crippen molar-refractivity contribution < 1.29 is 18.3 Å². The topological polar surface area (TPSA) is 63.6 Å². The molecule has 0 radical (unpaired) electrons. The highest BCUT2D eigenvalue weighted by Gasteiger charge is 2.43. The number of hydrogen-bond acceptors (Lipinski definition) is 3. The highest BCUT2D eigenvalue weighted by atomic mass is 32.2. The Morgan fingerprint density at radius 3 is 2.46 bits per heavy atom. The minimum Gasteiger partial charge on any atom is -0.469 e. The number of carbonyl (C=O) groups is 1. The van der Waals surface area contributed by atoms with E-state index in [1.54, 1.807) is 0 Å². The summed E-state index contributed by atoms with van der Waals surface area (Å²) in [6, 6.07) is 0. The van der Waals surface area contributed by atoms with Gasteiger partial charge in [0.05, 0.1) is 18.3 Å². The van der Waals surface area contributed by atoms with E-state index >= 15 is 0 Å². The Balaban J connectivity index is 2.74. The van der Waals surface area contributed by atoms with Crippen molar-refractivity contribution in [2.24, 2.45) is 5.41 Å². The number of hydrogen-bond donors (Lipinski definition) is 1. The normalized spacial score (nSPS) is 22.6. The van der Waals surface area contributed by atoms with E-state index in [2.05, 4.69) is 4.74 Å². The fourth-order valence-corrected chi connectivity index (χ4v) is 2.79. The van der Waals surface area contributed by atoms with Gasteiger partial charge in [-0.1, -0.05) is 12.8 Å². The lowest BCUT2D eigenvalue weighted by Gasteiger charge is -2.23. The summed E-state index contributed by atoms with van der Waals surface area (Å²) >= 11 is -1.92. The van der Waals surface area contributed by atoms with Crippen molar-refractivity contribution in [3.05, 3.63) is 0 Å². The van der Waals surface area contributed by atoms with Gasteiger partial charge in [0.25, 0.3) is 0 Å². The zero-order valence-corrected chi connectivity index (χ0v) is 8.43. The standard InChI is InChI=1S/C8H14O4S/c1-12-7(9)8(6-13(10)11)4-2-3-5-8/h2-6H2,1H3,(H,10,11). The average Bonchev–Trinajstić information content (AvgIpc) is 2.51. The molecule has 0 heterocycles. The third-order valence-corrected chi connectivity index (χ3v) is 3.38. The van der Waals surface area contributed by atoms with Gasteiger partial charge in [0, 0.05) is 0 Å². The maximum atomic E-state index is 11.4. The van der Waals surface area contributed by atoms with Gasteiger partial charge in [0.1, 0.15) is 0 Å². The lowest BCUT2D eigenvalue weighted by atomic mass is 9.89. The Morgan fingerprint density at radius 1 is 1.54 bits per heavy atom. The lowest BCUT2D eigenvalue weighted by molar-refractivity contribution is -0.151. The van der Waals surface area contributed by atoms with Gasteiger partial charge in [-0.15, -0.1) is 0 Å². The molecule has 0 spiro atoms. The van der Waals surface area contributed by atoms with E-state index in [-0.39, 0.29) is 11.7 Å². The van der Waals surface area contributed by atoms with Crippen LogP contribution in [0.1, 0.15) is 25.7 Å². The second-order valence-electron chi connectivity index (χ2n) is 3.44. The van der Waals surface area contributed by atoms with Crippen molar-refractivity contribution in [1.29, 1.82) is 0 Å². The van der Waals surface area contributed by atoms with Crippen molar-refractivity contribution in [2.45, 2.75) is 25.7 Å². The zero-order valence-electron chi connectivity index (χ0n) is 7.62. The van der Waals surface area contributed by atoms with Crippen LogP contribution in [0, 0.1) is 5.41 Å². The van der Waals surface area contributed by atoms with Crippen molar-refractivity contribution in [3.63, 3.8) is 0 Å². The second-order valence-corrected chi connectivity index (χ2v) is 4.38. The zero-order chi connectivity index (χ0) is 9.90. The van der Waals surface area contributed by atoms with Crippen LogP contribution in [0.25, 0.3) is 0 Å². The van der Waals surface area contributed by atoms with Gasteiger partial charge in [0.15, 0.2) is 11.1 Å². The first-order valence-electron chi connectivity index (χ1n) is 4.27. The fraction of sp³-hybridized carbons (Fsp3) is 0.875. The van der Waals surface area contributed by atoms with Gasteiger partial charge in [-0.2, -0.15) is 0 Å². The molecular weight excluding hydrogens is 192 g/mol. The molecule has 13 heavy (non-hydrogen) atoms. The summed E-state index contributed by atoms with van der Waals surface area (Å²) in [7, 11) is 1.32. The molecule has 0 aromatic carbocycles. The largest absolute Gasteiger partial charge is 0.469 e. The molecule has 0 aromatic rings. The average molecular weight is 206 g/mol. The predicted molar refractivity (Wildman–Crippen MR) is 48.6 cm³/mol. The summed E-state index contributed by atoms with van der Waals surface area (Å²) in [4.78, 5) is 11.4. The molecule has 0 bridgehead atoms. The molecule has 0 aromatic heterocycles. The van der Waals surface area contributed by atoms with Crippen LogP contribution in [0.3, 0.4) is 0 Å². The van der Waals surface area contributed by atoms with Crippen molar-refractivity contribution in [1.82, 2.24) is 0 Å². The number of rotatable bonds is 3. The number of ether oxygens (including phenoxy) is 1. The SMILES string of the molecule is COC(=O)C1(CS(=O)O)CCCC1. The minimum absolute atomic E-state index is 0.0136. The lowest BCUT2D eigenvalue weighted by Crippen LogP contribution is -2.34. The first-order valence-corrected chi connectivity index (χ1v) is 5.54. The predicted octanol–water partition coefficient (Wildman–Crippen LogP) is 0.941. The Bertz CT molecular complexity index is 220. The molecule has 1 aliphatic carbocycles. The smallest absolute Gasteiger partial charge is 0.312 e. The third-order valence-electron chi connectivity index (χ3n) is 2.58. The van der Waals surface area contributed by atoms with Gasteiger partial charge in [0.2, 0.25) is 0 Å². The molecular formula is C8H14O4S. The molecule has 1 N–H and O–H groups in total. The summed E-state index contributed by atoms with van der Waals surface area (Å²) in [5, 5.41) is 0. The molecule has 1 saturated carbocycles. The molecule has 0 saturated heterocycles. The summed E-state index contributed by atoms with van der Waals surface area (Å²) in [5.41, 5.74) is -0.686. The van der Waals surface area contributed by atoms with Gasteiger partial charge < -0.3 is 9.29 Å². The van der Waals surface area contributed by atoms with Crippen molar-refractivity contribution in [2.75, 3.05) is 12.9 Å². The van der Waals surface area contributed by atoms with Gasteiger partial charge in [-0.05, 0) is 12.8 Å². The van der Waals surface area contributed by atoms with Crippen LogP contribution >= 0.6 is 0 Å². The van der Waals surface area contributed by atoms with E-state index in [1.165, 1.54) is 7.11 Å². The van der Waals surface area contributed by atoms with E-state index in [0.717, 1.165) is 12.8 Å². The maximum Gasteiger partial charge on any atom is 0.312 e. The highest BCUT2D eigenvalue weighted by molar-refractivity contribution is 7.79. The number of methoxy groups -OCH3 is 1. The number of esters is 1. The molecule has 0 aliphatic heterocycles. The van der Waals surface area contributed by atoms with Gasteiger partial charge in [-0.25, -0.2) is 4.21 Å². The first-order chi connectivity index (χ1) is 6.10. The monoisotopic (exact) mass is 206 g/mol. The van der Waals surface area contributed by atoms with Crippen LogP contribution in [0.2, 0.25) is 0 Å². The molecule has 1 aliphatic rings. The molecule has 1 unspecified atom stereocenters. The Morgan fingerprint density at radius 2 is 2.08 bits per heavy atom. The second kappa shape index (κ2) is 4.19. The molecule has 1 fully saturated rings. The molecule has 1 atom stereocenters. The fourth-order valence-electron chi connectivity index (χ4n) is 1.91. The molecule has 4 nitrogen and oxygen atoms in total. The van der Waals surface area contributed by atoms with E-state index in [4.69, 9.17) is 4.55 Å². The number of carbonyl (C=O) groups excluding carboxylic acids is 1. The van der Waals surface area contributed by atoms with Crippen molar-refractivity contribution >= 4 is 17.0 Å². The van der Waals surface area contributed by atoms with Crippen LogP contribution in [-0.4, -0.2) is 27.6 Å². The van der Waals surface area contributed by atoms with Crippen LogP contribution in [0.4, 0.5) is 0 Å². The van der Waals surface area contributed by atoms with Gasteiger partial charge >= 0.3 is 5.97 Å². The summed E-state index contributed by atoms with van der Waals surface area (Å²) in [5.74, 6) is -0.327. The summed E-state index contributed by atoms with van der Waals surface area (Å²) in [6.07, 6.45) is 3.22. The van der Waals surface area contributed by atoms with E-state index in [9.17, 15) is 9.00 Å². The van der Waals surface area contributed by atoms with Crippen LogP contribution in [0.15, 0.2) is 0 Å². The summed E-state index contributed by atoms with van der Waals surface area (Å²) in [6.45, 7) is 0. The Labute approximate surface area is 79.9 Å². The van der Waals surface area contributed by atoms with Crippen LogP contribution in [-0.2, 0) is 20.6 Å². The quantitative estimate of drug-likeness (QED) is 0.551. The molecule has 76 valence electrons. The van der Waals surface area contributed by atoms with Gasteiger partial charge in [-0.3, -0.25) is 4.79 Å². The molecule has 1 rings (SSSR count).